The predicted octanol–water partition coefficient (Wildman–Crippen LogP) is 2.64. The normalized spacial score (nSPS) is 14.3. The first-order chi connectivity index (χ1) is 14.2. The molecule has 0 spiro atoms. The molecule has 1 heterocycles. The molecule has 8 nitrogen and oxygen atoms in total. The maximum absolute atomic E-state index is 13.0. The third-order valence-corrected chi connectivity index (χ3v) is 6.08. The van der Waals surface area contributed by atoms with Crippen molar-refractivity contribution in [3.05, 3.63) is 47.5 Å². The van der Waals surface area contributed by atoms with Crippen LogP contribution >= 0.6 is 0 Å². The van der Waals surface area contributed by atoms with Gasteiger partial charge < -0.3 is 19.5 Å². The zero-order valence-corrected chi connectivity index (χ0v) is 18.2. The van der Waals surface area contributed by atoms with Gasteiger partial charge in [0.1, 0.15) is 19.0 Å². The van der Waals surface area contributed by atoms with Gasteiger partial charge in [0.2, 0.25) is 10.0 Å². The Morgan fingerprint density at radius 2 is 1.73 bits per heavy atom. The van der Waals surface area contributed by atoms with Crippen molar-refractivity contribution >= 4 is 15.9 Å². The molecule has 2 N–H and O–H groups in total. The van der Waals surface area contributed by atoms with Gasteiger partial charge in [0, 0.05) is 12.1 Å². The molecule has 1 atom stereocenters. The van der Waals surface area contributed by atoms with Gasteiger partial charge in [0.15, 0.2) is 11.5 Å². The molecule has 1 amide bonds. The highest BCUT2D eigenvalue weighted by molar-refractivity contribution is 7.89. The summed E-state index contributed by atoms with van der Waals surface area (Å²) in [6.45, 7) is 6.31. The number of nitrogens with one attached hydrogen (secondary N) is 2. The third-order valence-electron chi connectivity index (χ3n) is 4.54. The van der Waals surface area contributed by atoms with E-state index >= 15 is 0 Å². The van der Waals surface area contributed by atoms with Gasteiger partial charge >= 0.3 is 0 Å². The molecule has 0 saturated heterocycles. The van der Waals surface area contributed by atoms with Gasteiger partial charge in [-0.3, -0.25) is 4.79 Å². The summed E-state index contributed by atoms with van der Waals surface area (Å²) in [5.74, 6) is 1.11. The Hall–Kier alpha value is -2.78. The number of fused-ring (bicyclic) bond motifs is 1. The number of sulfonamides is 1. The molecule has 162 valence electrons. The molecule has 0 fully saturated rings. The van der Waals surface area contributed by atoms with Crippen molar-refractivity contribution in [2.45, 2.75) is 37.8 Å². The molecule has 0 aromatic heterocycles. The summed E-state index contributed by atoms with van der Waals surface area (Å²) < 4.78 is 44.9. The van der Waals surface area contributed by atoms with E-state index in [2.05, 4.69) is 10.0 Å². The van der Waals surface area contributed by atoms with E-state index in [0.29, 0.717) is 30.5 Å². The lowest BCUT2D eigenvalue weighted by Crippen LogP contribution is -2.31. The Morgan fingerprint density at radius 3 is 2.40 bits per heavy atom. The number of benzene rings is 2. The number of amides is 1. The number of methoxy groups -OCH3 is 1. The summed E-state index contributed by atoms with van der Waals surface area (Å²) in [5, 5.41) is 2.75. The van der Waals surface area contributed by atoms with Crippen molar-refractivity contribution in [1.82, 2.24) is 10.0 Å². The van der Waals surface area contributed by atoms with Crippen molar-refractivity contribution in [2.75, 3.05) is 20.3 Å². The van der Waals surface area contributed by atoms with Crippen LogP contribution in [0, 0.1) is 0 Å². The maximum atomic E-state index is 13.0. The molecule has 30 heavy (non-hydrogen) atoms. The second-order valence-corrected chi connectivity index (χ2v) is 8.95. The predicted molar refractivity (Wildman–Crippen MR) is 112 cm³/mol. The first kappa shape index (κ1) is 21.9. The van der Waals surface area contributed by atoms with Crippen molar-refractivity contribution in [3.8, 4) is 17.2 Å². The van der Waals surface area contributed by atoms with Crippen LogP contribution in [0.3, 0.4) is 0 Å². The molecule has 0 radical (unpaired) electrons. The average Bonchev–Trinajstić information content (AvgIpc) is 2.72. The fourth-order valence-corrected chi connectivity index (χ4v) is 4.33. The largest absolute Gasteiger partial charge is 0.496 e. The minimum Gasteiger partial charge on any atom is -0.496 e. The van der Waals surface area contributed by atoms with Crippen molar-refractivity contribution in [3.63, 3.8) is 0 Å². The fourth-order valence-electron chi connectivity index (χ4n) is 3.07. The van der Waals surface area contributed by atoms with E-state index in [9.17, 15) is 13.2 Å². The van der Waals surface area contributed by atoms with Crippen LogP contribution in [0.1, 0.15) is 42.7 Å². The molecule has 2 aromatic rings. The summed E-state index contributed by atoms with van der Waals surface area (Å²) in [4.78, 5) is 12.4. The highest BCUT2D eigenvalue weighted by Gasteiger charge is 2.23. The van der Waals surface area contributed by atoms with Crippen LogP contribution in [0.5, 0.6) is 17.2 Å². The molecule has 1 unspecified atom stereocenters. The van der Waals surface area contributed by atoms with Crippen LogP contribution < -0.4 is 24.2 Å². The quantitative estimate of drug-likeness (QED) is 0.695. The van der Waals surface area contributed by atoms with Crippen molar-refractivity contribution < 1.29 is 27.4 Å². The lowest BCUT2D eigenvalue weighted by atomic mass is 10.1. The first-order valence-electron chi connectivity index (χ1n) is 9.62. The Bertz CT molecular complexity index is 1040. The molecule has 9 heteroatoms. The van der Waals surface area contributed by atoms with Crippen LogP contribution in [-0.2, 0) is 10.0 Å². The molecular weight excluding hydrogens is 408 g/mol. The van der Waals surface area contributed by atoms with E-state index in [1.807, 2.05) is 13.8 Å². The van der Waals surface area contributed by atoms with E-state index in [1.165, 1.54) is 25.3 Å². The number of rotatable bonds is 7. The van der Waals surface area contributed by atoms with E-state index in [-0.39, 0.29) is 16.5 Å². The minimum atomic E-state index is -3.90. The zero-order chi connectivity index (χ0) is 21.9. The number of carbonyl (C=O) groups excluding carboxylic acids is 1. The van der Waals surface area contributed by atoms with Crippen LogP contribution in [0.4, 0.5) is 0 Å². The van der Waals surface area contributed by atoms with Crippen LogP contribution in [0.25, 0.3) is 0 Å². The molecule has 0 saturated carbocycles. The summed E-state index contributed by atoms with van der Waals surface area (Å²) >= 11 is 0. The van der Waals surface area contributed by atoms with Crippen molar-refractivity contribution in [2.24, 2.45) is 0 Å². The lowest BCUT2D eigenvalue weighted by molar-refractivity contribution is 0.0940. The first-order valence-corrected chi connectivity index (χ1v) is 11.1. The number of carbonyl (C=O) groups is 1. The van der Waals surface area contributed by atoms with E-state index in [4.69, 9.17) is 14.2 Å². The minimum absolute atomic E-state index is 0.0263. The Labute approximate surface area is 176 Å². The van der Waals surface area contributed by atoms with Gasteiger partial charge in [-0.15, -0.1) is 0 Å². The summed E-state index contributed by atoms with van der Waals surface area (Å²) in [7, 11) is -2.47. The van der Waals surface area contributed by atoms with Gasteiger partial charge in [-0.1, -0.05) is 6.07 Å². The summed E-state index contributed by atoms with van der Waals surface area (Å²) in [6, 6.07) is 8.87. The summed E-state index contributed by atoms with van der Waals surface area (Å²) in [5.41, 5.74) is 0.884. The van der Waals surface area contributed by atoms with Crippen LogP contribution in [-0.4, -0.2) is 40.7 Å². The third kappa shape index (κ3) is 4.85. The molecule has 1 aliphatic rings. The SMILES string of the molecule is COc1ccc(S(=O)(=O)NC(C)c2ccc3c(c2)OCCO3)cc1C(=O)NC(C)C. The lowest BCUT2D eigenvalue weighted by Gasteiger charge is -2.21. The molecule has 2 aromatic carbocycles. The van der Waals surface area contributed by atoms with Gasteiger partial charge in [0.25, 0.3) is 5.91 Å². The highest BCUT2D eigenvalue weighted by Crippen LogP contribution is 2.33. The van der Waals surface area contributed by atoms with Gasteiger partial charge in [-0.05, 0) is 56.7 Å². The Balaban J connectivity index is 1.85. The fraction of sp³-hybridized carbons (Fsp3) is 0.381. The molecule has 1 aliphatic heterocycles. The van der Waals surface area contributed by atoms with Crippen LogP contribution in [0.2, 0.25) is 0 Å². The number of hydrogen-bond donors (Lipinski definition) is 2. The summed E-state index contributed by atoms with van der Waals surface area (Å²) in [6.07, 6.45) is 0. The van der Waals surface area contributed by atoms with Gasteiger partial charge in [0.05, 0.1) is 17.6 Å². The zero-order valence-electron chi connectivity index (χ0n) is 17.4. The van der Waals surface area contributed by atoms with Crippen molar-refractivity contribution in [1.29, 1.82) is 0 Å². The highest BCUT2D eigenvalue weighted by atomic mass is 32.2. The van der Waals surface area contributed by atoms with E-state index < -0.39 is 22.0 Å². The van der Waals surface area contributed by atoms with Crippen LogP contribution in [0.15, 0.2) is 41.3 Å². The Kier molecular flexibility index (Phi) is 6.52. The maximum Gasteiger partial charge on any atom is 0.255 e. The number of ether oxygens (including phenoxy) is 3. The van der Waals surface area contributed by atoms with Gasteiger partial charge in [-0.25, -0.2) is 13.1 Å². The molecule has 0 bridgehead atoms. The number of hydrogen-bond acceptors (Lipinski definition) is 6. The monoisotopic (exact) mass is 434 g/mol. The van der Waals surface area contributed by atoms with Gasteiger partial charge in [-0.2, -0.15) is 0 Å². The molecule has 3 rings (SSSR count). The average molecular weight is 435 g/mol. The topological polar surface area (TPSA) is 103 Å². The van der Waals surface area contributed by atoms with E-state index in [1.54, 1.807) is 25.1 Å². The standard InChI is InChI=1S/C21H26N2O6S/c1-13(2)22-21(24)17-12-16(6-8-18(17)27-4)30(25,26)23-14(3)15-5-7-19-20(11-15)29-10-9-28-19/h5-8,11-14,23H,9-10H2,1-4H3,(H,22,24). The molecule has 0 aliphatic carbocycles. The molecular formula is C21H26N2O6S. The Morgan fingerprint density at radius 1 is 1.03 bits per heavy atom. The second kappa shape index (κ2) is 8.93. The second-order valence-electron chi connectivity index (χ2n) is 7.24. The van der Waals surface area contributed by atoms with E-state index in [0.717, 1.165) is 5.56 Å². The smallest absolute Gasteiger partial charge is 0.255 e.